The van der Waals surface area contributed by atoms with Crippen LogP contribution < -0.4 is 0 Å². The third kappa shape index (κ3) is 2.28. The smallest absolute Gasteiger partial charge is 0.339 e. The van der Waals surface area contributed by atoms with E-state index in [1.165, 1.54) is 6.20 Å². The standard InChI is InChI=1S/C12H11NO2S/c1-2-15-12(14)10-6-9(7-13-8-10)11-4-3-5-16-11/h3-8H,2H2,1H3. The Hall–Kier alpha value is -1.68. The second kappa shape index (κ2) is 4.90. The van der Waals surface area contributed by atoms with Gasteiger partial charge in [-0.1, -0.05) is 6.07 Å². The van der Waals surface area contributed by atoms with Gasteiger partial charge in [-0.15, -0.1) is 11.3 Å². The van der Waals surface area contributed by atoms with Crippen LogP contribution in [0.25, 0.3) is 10.4 Å². The van der Waals surface area contributed by atoms with E-state index >= 15 is 0 Å². The van der Waals surface area contributed by atoms with Gasteiger partial charge in [0.1, 0.15) is 0 Å². The molecule has 0 saturated carbocycles. The first-order chi connectivity index (χ1) is 7.81. The van der Waals surface area contributed by atoms with Gasteiger partial charge in [0.2, 0.25) is 0 Å². The SMILES string of the molecule is CCOC(=O)c1cncc(-c2cccs2)c1. The van der Waals surface area contributed by atoms with Gasteiger partial charge in [-0.05, 0) is 24.4 Å². The zero-order valence-corrected chi connectivity index (χ0v) is 9.66. The Kier molecular flexibility index (Phi) is 3.31. The summed E-state index contributed by atoms with van der Waals surface area (Å²) in [4.78, 5) is 16.7. The number of rotatable bonds is 3. The number of ether oxygens (including phenoxy) is 1. The highest BCUT2D eigenvalue weighted by atomic mass is 32.1. The molecule has 2 heterocycles. The highest BCUT2D eigenvalue weighted by Gasteiger charge is 2.08. The molecule has 0 spiro atoms. The highest BCUT2D eigenvalue weighted by Crippen LogP contribution is 2.24. The molecule has 2 rings (SSSR count). The molecule has 0 aliphatic carbocycles. The van der Waals surface area contributed by atoms with Gasteiger partial charge in [0.15, 0.2) is 0 Å². The van der Waals surface area contributed by atoms with Crippen molar-refractivity contribution in [2.75, 3.05) is 6.61 Å². The summed E-state index contributed by atoms with van der Waals surface area (Å²) in [6.45, 7) is 2.16. The molecular formula is C12H11NO2S. The molecule has 0 unspecified atom stereocenters. The molecule has 0 aliphatic heterocycles. The molecule has 0 aliphatic rings. The Morgan fingerprint density at radius 3 is 3.06 bits per heavy atom. The van der Waals surface area contributed by atoms with Gasteiger partial charge in [-0.25, -0.2) is 4.79 Å². The molecule has 0 saturated heterocycles. The van der Waals surface area contributed by atoms with Crippen molar-refractivity contribution in [3.63, 3.8) is 0 Å². The van der Waals surface area contributed by atoms with Gasteiger partial charge in [-0.3, -0.25) is 4.98 Å². The van der Waals surface area contributed by atoms with E-state index in [0.717, 1.165) is 10.4 Å². The van der Waals surface area contributed by atoms with E-state index in [4.69, 9.17) is 4.74 Å². The Morgan fingerprint density at radius 2 is 2.38 bits per heavy atom. The van der Waals surface area contributed by atoms with E-state index < -0.39 is 0 Å². The number of thiophene rings is 1. The van der Waals surface area contributed by atoms with Gasteiger partial charge in [0.25, 0.3) is 0 Å². The summed E-state index contributed by atoms with van der Waals surface area (Å²) in [5.41, 5.74) is 1.44. The van der Waals surface area contributed by atoms with Crippen LogP contribution in [0, 0.1) is 0 Å². The predicted molar refractivity (Wildman–Crippen MR) is 63.5 cm³/mol. The molecule has 2 aromatic heterocycles. The van der Waals surface area contributed by atoms with Crippen LogP contribution in [0.5, 0.6) is 0 Å². The van der Waals surface area contributed by atoms with E-state index in [1.807, 2.05) is 17.5 Å². The van der Waals surface area contributed by atoms with Crippen LogP contribution >= 0.6 is 11.3 Å². The summed E-state index contributed by atoms with van der Waals surface area (Å²) in [6, 6.07) is 5.77. The molecule has 0 N–H and O–H groups in total. The zero-order valence-electron chi connectivity index (χ0n) is 8.84. The zero-order chi connectivity index (χ0) is 11.4. The summed E-state index contributed by atoms with van der Waals surface area (Å²) in [6.07, 6.45) is 3.27. The molecule has 16 heavy (non-hydrogen) atoms. The van der Waals surface area contributed by atoms with E-state index in [1.54, 1.807) is 30.5 Å². The van der Waals surface area contributed by atoms with E-state index in [9.17, 15) is 4.79 Å². The minimum atomic E-state index is -0.326. The number of carbonyl (C=O) groups is 1. The number of nitrogens with zero attached hydrogens (tertiary/aromatic N) is 1. The minimum absolute atomic E-state index is 0.326. The van der Waals surface area contributed by atoms with Crippen LogP contribution in [0.4, 0.5) is 0 Å². The number of hydrogen-bond donors (Lipinski definition) is 0. The molecule has 0 fully saturated rings. The van der Waals surface area contributed by atoms with Crippen molar-refractivity contribution in [3.8, 4) is 10.4 Å². The molecule has 0 aromatic carbocycles. The summed E-state index contributed by atoms with van der Waals surface area (Å²) in [5, 5.41) is 1.99. The van der Waals surface area contributed by atoms with Crippen molar-refractivity contribution in [1.29, 1.82) is 0 Å². The predicted octanol–water partition coefficient (Wildman–Crippen LogP) is 2.99. The van der Waals surface area contributed by atoms with Crippen LogP contribution in [0.2, 0.25) is 0 Å². The lowest BCUT2D eigenvalue weighted by molar-refractivity contribution is 0.0526. The maximum atomic E-state index is 11.5. The summed E-state index contributed by atoms with van der Waals surface area (Å²) in [5.74, 6) is -0.326. The largest absolute Gasteiger partial charge is 0.462 e. The highest BCUT2D eigenvalue weighted by molar-refractivity contribution is 7.13. The molecule has 0 radical (unpaired) electrons. The summed E-state index contributed by atoms with van der Waals surface area (Å²) < 4.78 is 4.92. The molecule has 3 nitrogen and oxygen atoms in total. The second-order valence-electron chi connectivity index (χ2n) is 3.16. The first kappa shape index (κ1) is 10.8. The van der Waals surface area contributed by atoms with Crippen molar-refractivity contribution < 1.29 is 9.53 Å². The molecular weight excluding hydrogens is 222 g/mol. The summed E-state index contributed by atoms with van der Waals surface area (Å²) >= 11 is 1.62. The van der Waals surface area contributed by atoms with Gasteiger partial charge in [0.05, 0.1) is 12.2 Å². The third-order valence-corrected chi connectivity index (χ3v) is 2.97. The van der Waals surface area contributed by atoms with Crippen molar-refractivity contribution in [3.05, 3.63) is 41.5 Å². The maximum Gasteiger partial charge on any atom is 0.339 e. The fourth-order valence-corrected chi connectivity index (χ4v) is 2.05. The number of pyridine rings is 1. The summed E-state index contributed by atoms with van der Waals surface area (Å²) in [7, 11) is 0. The van der Waals surface area contributed by atoms with Gasteiger partial charge in [0, 0.05) is 22.8 Å². The van der Waals surface area contributed by atoms with Gasteiger partial charge < -0.3 is 4.74 Å². The molecule has 4 heteroatoms. The van der Waals surface area contributed by atoms with E-state index in [-0.39, 0.29) is 5.97 Å². The van der Waals surface area contributed by atoms with E-state index in [2.05, 4.69) is 4.98 Å². The average molecular weight is 233 g/mol. The van der Waals surface area contributed by atoms with Crippen molar-refractivity contribution in [2.45, 2.75) is 6.92 Å². The monoisotopic (exact) mass is 233 g/mol. The average Bonchev–Trinajstić information content (AvgIpc) is 2.83. The third-order valence-electron chi connectivity index (χ3n) is 2.06. The lowest BCUT2D eigenvalue weighted by Gasteiger charge is -2.02. The number of esters is 1. The van der Waals surface area contributed by atoms with E-state index in [0.29, 0.717) is 12.2 Å². The Balaban J connectivity index is 2.30. The fourth-order valence-electron chi connectivity index (χ4n) is 1.34. The molecule has 0 bridgehead atoms. The van der Waals surface area contributed by atoms with Crippen molar-refractivity contribution >= 4 is 17.3 Å². The van der Waals surface area contributed by atoms with Gasteiger partial charge in [-0.2, -0.15) is 0 Å². The fraction of sp³-hybridized carbons (Fsp3) is 0.167. The van der Waals surface area contributed by atoms with Gasteiger partial charge >= 0.3 is 5.97 Å². The van der Waals surface area contributed by atoms with Crippen LogP contribution in [-0.4, -0.2) is 17.6 Å². The second-order valence-corrected chi connectivity index (χ2v) is 4.11. The van der Waals surface area contributed by atoms with Crippen LogP contribution in [0.15, 0.2) is 36.0 Å². The minimum Gasteiger partial charge on any atom is -0.462 e. The number of aromatic nitrogens is 1. The Bertz CT molecular complexity index is 480. The lowest BCUT2D eigenvalue weighted by Crippen LogP contribution is -2.04. The Labute approximate surface area is 97.7 Å². The molecule has 82 valence electrons. The van der Waals surface area contributed by atoms with Crippen LogP contribution in [0.1, 0.15) is 17.3 Å². The van der Waals surface area contributed by atoms with Crippen molar-refractivity contribution in [2.24, 2.45) is 0 Å². The quantitative estimate of drug-likeness (QED) is 0.765. The Morgan fingerprint density at radius 1 is 1.50 bits per heavy atom. The first-order valence-corrected chi connectivity index (χ1v) is 5.85. The molecule has 0 atom stereocenters. The molecule has 0 amide bonds. The van der Waals surface area contributed by atoms with Crippen molar-refractivity contribution in [1.82, 2.24) is 4.98 Å². The van der Waals surface area contributed by atoms with Crippen LogP contribution in [0.3, 0.4) is 0 Å². The first-order valence-electron chi connectivity index (χ1n) is 4.97. The topological polar surface area (TPSA) is 39.2 Å². The lowest BCUT2D eigenvalue weighted by atomic mass is 10.2. The number of hydrogen-bond acceptors (Lipinski definition) is 4. The maximum absolute atomic E-state index is 11.5. The number of carbonyl (C=O) groups excluding carboxylic acids is 1. The normalized spacial score (nSPS) is 10.1. The molecule has 2 aromatic rings. The van der Waals surface area contributed by atoms with Crippen LogP contribution in [-0.2, 0) is 4.74 Å².